The molecule has 27 heavy (non-hydrogen) atoms. The zero-order valence-corrected chi connectivity index (χ0v) is 16.2. The maximum Gasteiger partial charge on any atom is 0.311 e. The fourth-order valence-corrected chi connectivity index (χ4v) is 2.61. The number of rotatable bonds is 9. The molecule has 0 heterocycles. The smallest absolute Gasteiger partial charge is 0.311 e. The maximum absolute atomic E-state index is 12.3. The van der Waals surface area contributed by atoms with Crippen molar-refractivity contribution < 1.29 is 33.2 Å². The summed E-state index contributed by atoms with van der Waals surface area (Å²) in [6.45, 7) is 0. The van der Waals surface area contributed by atoms with E-state index in [1.807, 2.05) is 0 Å². The average Bonchev–Trinajstić information content (AvgIpc) is 2.71. The summed E-state index contributed by atoms with van der Waals surface area (Å²) in [5.41, 5.74) is 0.855. The van der Waals surface area contributed by atoms with Crippen molar-refractivity contribution in [3.05, 3.63) is 35.9 Å². The Morgan fingerprint density at radius 1 is 0.741 bits per heavy atom. The highest BCUT2D eigenvalue weighted by Gasteiger charge is 2.17. The third kappa shape index (κ3) is 4.75. The molecule has 0 aliphatic carbocycles. The van der Waals surface area contributed by atoms with Crippen molar-refractivity contribution in [1.29, 1.82) is 0 Å². The van der Waals surface area contributed by atoms with E-state index in [0.29, 0.717) is 35.2 Å². The highest BCUT2D eigenvalue weighted by Crippen LogP contribution is 2.39. The van der Waals surface area contributed by atoms with E-state index in [1.54, 1.807) is 44.6 Å². The Labute approximate surface area is 158 Å². The van der Waals surface area contributed by atoms with Gasteiger partial charge < -0.3 is 28.4 Å². The standard InChI is InChI=1S/C20H24O7/c1-22-14-7-6-8-15(23-2)20(14)27-18(21)10-9-13-11-16(24-3)19(26-5)17(12-13)25-4/h6-8,11-12H,9-10H2,1-5H3. The van der Waals surface area contributed by atoms with Crippen molar-refractivity contribution >= 4 is 5.97 Å². The van der Waals surface area contributed by atoms with Crippen LogP contribution in [0.25, 0.3) is 0 Å². The second kappa shape index (κ2) is 9.56. The predicted octanol–water partition coefficient (Wildman–Crippen LogP) is 3.27. The molecule has 0 N–H and O–H groups in total. The molecule has 0 radical (unpaired) electrons. The summed E-state index contributed by atoms with van der Waals surface area (Å²) in [7, 11) is 7.63. The quantitative estimate of drug-likeness (QED) is 0.491. The molecule has 2 aromatic rings. The minimum absolute atomic E-state index is 0.153. The number of esters is 1. The van der Waals surface area contributed by atoms with Crippen LogP contribution in [0.4, 0.5) is 0 Å². The topological polar surface area (TPSA) is 72.5 Å². The highest BCUT2D eigenvalue weighted by molar-refractivity contribution is 5.75. The van der Waals surface area contributed by atoms with Crippen LogP contribution in [-0.2, 0) is 11.2 Å². The molecule has 0 spiro atoms. The van der Waals surface area contributed by atoms with Crippen LogP contribution in [-0.4, -0.2) is 41.5 Å². The number of aryl methyl sites for hydroxylation is 1. The van der Waals surface area contributed by atoms with E-state index < -0.39 is 5.97 Å². The van der Waals surface area contributed by atoms with Gasteiger partial charge in [0.25, 0.3) is 0 Å². The summed E-state index contributed by atoms with van der Waals surface area (Å²) < 4.78 is 31.9. The fourth-order valence-electron chi connectivity index (χ4n) is 2.61. The molecule has 0 atom stereocenters. The number of carbonyl (C=O) groups excluding carboxylic acids is 1. The number of carbonyl (C=O) groups is 1. The van der Waals surface area contributed by atoms with Crippen LogP contribution in [0.15, 0.2) is 30.3 Å². The van der Waals surface area contributed by atoms with Crippen LogP contribution in [0.2, 0.25) is 0 Å². The van der Waals surface area contributed by atoms with Crippen molar-refractivity contribution in [2.24, 2.45) is 0 Å². The lowest BCUT2D eigenvalue weighted by Gasteiger charge is -2.14. The van der Waals surface area contributed by atoms with Crippen molar-refractivity contribution in [2.45, 2.75) is 12.8 Å². The minimum atomic E-state index is -0.411. The van der Waals surface area contributed by atoms with Gasteiger partial charge in [0.05, 0.1) is 35.5 Å². The van der Waals surface area contributed by atoms with E-state index in [0.717, 1.165) is 5.56 Å². The number of hydrogen-bond acceptors (Lipinski definition) is 7. The Balaban J connectivity index is 2.13. The molecular weight excluding hydrogens is 352 g/mol. The lowest BCUT2D eigenvalue weighted by molar-refractivity contribution is -0.134. The number of methoxy groups -OCH3 is 5. The van der Waals surface area contributed by atoms with Crippen LogP contribution >= 0.6 is 0 Å². The Kier molecular flexibility index (Phi) is 7.16. The van der Waals surface area contributed by atoms with E-state index in [-0.39, 0.29) is 12.2 Å². The molecule has 0 fully saturated rings. The Bertz CT molecular complexity index is 739. The second-order valence-electron chi connectivity index (χ2n) is 5.50. The molecule has 0 saturated carbocycles. The molecule has 0 saturated heterocycles. The molecule has 0 unspecified atom stereocenters. The van der Waals surface area contributed by atoms with Gasteiger partial charge in [-0.15, -0.1) is 0 Å². The molecule has 146 valence electrons. The van der Waals surface area contributed by atoms with Gasteiger partial charge in [0.15, 0.2) is 23.0 Å². The summed E-state index contributed by atoms with van der Waals surface area (Å²) in [6, 6.07) is 8.76. The first-order chi connectivity index (χ1) is 13.1. The Hall–Kier alpha value is -3.09. The van der Waals surface area contributed by atoms with Gasteiger partial charge in [0, 0.05) is 6.42 Å². The molecule has 0 aromatic heterocycles. The van der Waals surface area contributed by atoms with Crippen LogP contribution in [0.1, 0.15) is 12.0 Å². The molecular formula is C20H24O7. The second-order valence-corrected chi connectivity index (χ2v) is 5.50. The molecule has 0 aliphatic heterocycles. The Morgan fingerprint density at radius 3 is 1.70 bits per heavy atom. The van der Waals surface area contributed by atoms with E-state index >= 15 is 0 Å². The zero-order valence-electron chi connectivity index (χ0n) is 16.2. The van der Waals surface area contributed by atoms with Crippen LogP contribution in [0, 0.1) is 0 Å². The molecule has 0 bridgehead atoms. The predicted molar refractivity (Wildman–Crippen MR) is 99.6 cm³/mol. The first-order valence-electron chi connectivity index (χ1n) is 8.28. The van der Waals surface area contributed by atoms with Crippen molar-refractivity contribution in [1.82, 2.24) is 0 Å². The zero-order chi connectivity index (χ0) is 19.8. The first kappa shape index (κ1) is 20.2. The molecule has 7 heteroatoms. The summed E-state index contributed by atoms with van der Waals surface area (Å²) in [4.78, 5) is 12.3. The minimum Gasteiger partial charge on any atom is -0.493 e. The normalized spacial score (nSPS) is 10.1. The third-order valence-corrected chi connectivity index (χ3v) is 3.94. The van der Waals surface area contributed by atoms with Gasteiger partial charge in [0.2, 0.25) is 11.5 Å². The molecule has 2 rings (SSSR count). The number of ether oxygens (including phenoxy) is 6. The van der Waals surface area contributed by atoms with Crippen molar-refractivity contribution in [3.63, 3.8) is 0 Å². The van der Waals surface area contributed by atoms with Crippen LogP contribution in [0.3, 0.4) is 0 Å². The monoisotopic (exact) mass is 376 g/mol. The van der Waals surface area contributed by atoms with Crippen molar-refractivity contribution in [3.8, 4) is 34.5 Å². The SMILES string of the molecule is COc1cc(CCC(=O)Oc2c(OC)cccc2OC)cc(OC)c1OC. The summed E-state index contributed by atoms with van der Waals surface area (Å²) in [6.07, 6.45) is 0.590. The summed E-state index contributed by atoms with van der Waals surface area (Å²) >= 11 is 0. The van der Waals surface area contributed by atoms with E-state index in [9.17, 15) is 4.79 Å². The average molecular weight is 376 g/mol. The van der Waals surface area contributed by atoms with Gasteiger partial charge >= 0.3 is 5.97 Å². The van der Waals surface area contributed by atoms with Gasteiger partial charge in [-0.25, -0.2) is 0 Å². The Morgan fingerprint density at radius 2 is 1.26 bits per heavy atom. The molecule has 2 aromatic carbocycles. The van der Waals surface area contributed by atoms with Gasteiger partial charge in [-0.1, -0.05) is 6.07 Å². The molecule has 7 nitrogen and oxygen atoms in total. The van der Waals surface area contributed by atoms with Crippen LogP contribution in [0.5, 0.6) is 34.5 Å². The fraction of sp³-hybridized carbons (Fsp3) is 0.350. The summed E-state index contributed by atoms with van der Waals surface area (Å²) in [5, 5.41) is 0. The van der Waals surface area contributed by atoms with Gasteiger partial charge in [-0.2, -0.15) is 0 Å². The highest BCUT2D eigenvalue weighted by atomic mass is 16.6. The lowest BCUT2D eigenvalue weighted by Crippen LogP contribution is -2.11. The van der Waals surface area contributed by atoms with Gasteiger partial charge in [0.1, 0.15) is 0 Å². The largest absolute Gasteiger partial charge is 0.493 e. The number of hydrogen-bond donors (Lipinski definition) is 0. The lowest BCUT2D eigenvalue weighted by atomic mass is 10.1. The van der Waals surface area contributed by atoms with Crippen LogP contribution < -0.4 is 28.4 Å². The first-order valence-corrected chi connectivity index (χ1v) is 8.28. The molecule has 0 aliphatic rings. The van der Waals surface area contributed by atoms with E-state index in [2.05, 4.69) is 0 Å². The third-order valence-electron chi connectivity index (χ3n) is 3.94. The summed E-state index contributed by atoms with van der Waals surface area (Å²) in [5.74, 6) is 2.28. The maximum atomic E-state index is 12.3. The van der Waals surface area contributed by atoms with Gasteiger partial charge in [-0.05, 0) is 36.2 Å². The molecule has 0 amide bonds. The van der Waals surface area contributed by atoms with E-state index in [4.69, 9.17) is 28.4 Å². The van der Waals surface area contributed by atoms with Gasteiger partial charge in [-0.3, -0.25) is 4.79 Å². The van der Waals surface area contributed by atoms with E-state index in [1.165, 1.54) is 21.3 Å². The van der Waals surface area contributed by atoms with Crippen molar-refractivity contribution in [2.75, 3.05) is 35.5 Å². The number of para-hydroxylation sites is 1. The number of benzene rings is 2.